The predicted octanol–water partition coefficient (Wildman–Crippen LogP) is 3.23. The van der Waals surface area contributed by atoms with Crippen molar-refractivity contribution in [2.75, 3.05) is 6.61 Å². The van der Waals surface area contributed by atoms with Gasteiger partial charge in [-0.25, -0.2) is 4.98 Å². The summed E-state index contributed by atoms with van der Waals surface area (Å²) in [6.07, 6.45) is 0. The Morgan fingerprint density at radius 1 is 1.10 bits per heavy atom. The molecule has 0 aliphatic heterocycles. The van der Waals surface area contributed by atoms with E-state index in [4.69, 9.17) is 22.1 Å². The van der Waals surface area contributed by atoms with Crippen LogP contribution in [-0.4, -0.2) is 16.2 Å². The number of fused-ring (bicyclic) bond motifs is 1. The Kier molecular flexibility index (Phi) is 4.08. The van der Waals surface area contributed by atoms with Crippen molar-refractivity contribution >= 4 is 22.6 Å². The van der Waals surface area contributed by atoms with Crippen molar-refractivity contribution in [2.45, 2.75) is 13.1 Å². The molecule has 108 valence electrons. The Bertz CT molecular complexity index is 737. The summed E-state index contributed by atoms with van der Waals surface area (Å²) < 4.78 is 7.84. The summed E-state index contributed by atoms with van der Waals surface area (Å²) in [7, 11) is 0. The second kappa shape index (κ2) is 6.16. The van der Waals surface area contributed by atoms with Gasteiger partial charge in [0.1, 0.15) is 18.2 Å². The van der Waals surface area contributed by atoms with Crippen LogP contribution >= 0.6 is 11.6 Å². The molecule has 3 aromatic rings. The molecule has 0 spiro atoms. The lowest BCUT2D eigenvalue weighted by Gasteiger charge is -2.10. The fraction of sp³-hybridized carbons (Fsp3) is 0.188. The minimum Gasteiger partial charge on any atom is -0.492 e. The normalized spacial score (nSPS) is 11.0. The smallest absolute Gasteiger partial charge is 0.123 e. The van der Waals surface area contributed by atoms with Gasteiger partial charge in [-0.1, -0.05) is 23.7 Å². The van der Waals surface area contributed by atoms with E-state index in [1.165, 1.54) is 0 Å². The summed E-state index contributed by atoms with van der Waals surface area (Å²) in [4.78, 5) is 4.53. The van der Waals surface area contributed by atoms with Gasteiger partial charge in [-0.05, 0) is 36.4 Å². The van der Waals surface area contributed by atoms with Gasteiger partial charge < -0.3 is 15.0 Å². The van der Waals surface area contributed by atoms with Crippen molar-refractivity contribution < 1.29 is 4.74 Å². The summed E-state index contributed by atoms with van der Waals surface area (Å²) >= 11 is 5.85. The van der Waals surface area contributed by atoms with Crippen molar-refractivity contribution in [3.8, 4) is 5.75 Å². The van der Waals surface area contributed by atoms with Gasteiger partial charge in [-0.3, -0.25) is 0 Å². The fourth-order valence-corrected chi connectivity index (χ4v) is 2.44. The average molecular weight is 302 g/mol. The molecule has 0 aliphatic rings. The molecule has 0 unspecified atom stereocenters. The van der Waals surface area contributed by atoms with Gasteiger partial charge in [-0.15, -0.1) is 0 Å². The molecule has 1 aromatic heterocycles. The summed E-state index contributed by atoms with van der Waals surface area (Å²) in [6, 6.07) is 15.4. The maximum atomic E-state index is 5.85. The number of hydrogen-bond acceptors (Lipinski definition) is 3. The molecule has 0 fully saturated rings. The standard InChI is InChI=1S/C16H16ClN3O/c17-12-5-7-13(8-6-12)21-10-9-20-15-4-2-1-3-14(15)19-16(20)11-18/h1-8H,9-11,18H2. The molecule has 0 saturated heterocycles. The van der Waals surface area contributed by atoms with E-state index in [1.54, 1.807) is 0 Å². The molecule has 2 N–H and O–H groups in total. The zero-order chi connectivity index (χ0) is 14.7. The van der Waals surface area contributed by atoms with Gasteiger partial charge in [0.2, 0.25) is 0 Å². The number of imidazole rings is 1. The molecule has 5 heteroatoms. The second-order valence-electron chi connectivity index (χ2n) is 4.67. The maximum Gasteiger partial charge on any atom is 0.123 e. The molecule has 2 aromatic carbocycles. The first-order valence-electron chi connectivity index (χ1n) is 6.80. The van der Waals surface area contributed by atoms with Gasteiger partial charge >= 0.3 is 0 Å². The van der Waals surface area contributed by atoms with Gasteiger partial charge in [-0.2, -0.15) is 0 Å². The third kappa shape index (κ3) is 3.01. The highest BCUT2D eigenvalue weighted by Gasteiger charge is 2.08. The van der Waals surface area contributed by atoms with E-state index in [2.05, 4.69) is 9.55 Å². The molecule has 0 amide bonds. The Hall–Kier alpha value is -2.04. The van der Waals surface area contributed by atoms with E-state index < -0.39 is 0 Å². The van der Waals surface area contributed by atoms with Crippen LogP contribution in [0.2, 0.25) is 5.02 Å². The minimum absolute atomic E-state index is 0.412. The lowest BCUT2D eigenvalue weighted by Crippen LogP contribution is -2.13. The van der Waals surface area contributed by atoms with Crippen LogP contribution < -0.4 is 10.5 Å². The van der Waals surface area contributed by atoms with Crippen molar-refractivity contribution in [3.63, 3.8) is 0 Å². The number of para-hydroxylation sites is 2. The molecule has 0 aliphatic carbocycles. The average Bonchev–Trinajstić information content (AvgIpc) is 2.87. The highest BCUT2D eigenvalue weighted by atomic mass is 35.5. The van der Waals surface area contributed by atoms with Gasteiger partial charge in [0, 0.05) is 5.02 Å². The summed E-state index contributed by atoms with van der Waals surface area (Å²) in [6.45, 7) is 1.67. The maximum absolute atomic E-state index is 5.85. The minimum atomic E-state index is 0.412. The van der Waals surface area contributed by atoms with E-state index in [-0.39, 0.29) is 0 Å². The number of hydrogen-bond donors (Lipinski definition) is 1. The molecule has 0 bridgehead atoms. The van der Waals surface area contributed by atoms with E-state index in [1.807, 2.05) is 48.5 Å². The number of aromatic nitrogens is 2. The monoisotopic (exact) mass is 301 g/mol. The number of nitrogens with two attached hydrogens (primary N) is 1. The predicted molar refractivity (Wildman–Crippen MR) is 84.6 cm³/mol. The number of nitrogens with zero attached hydrogens (tertiary/aromatic N) is 2. The molecule has 1 heterocycles. The first kappa shape index (κ1) is 13.9. The topological polar surface area (TPSA) is 53.1 Å². The van der Waals surface area contributed by atoms with Crippen molar-refractivity contribution in [1.29, 1.82) is 0 Å². The molecular weight excluding hydrogens is 286 g/mol. The van der Waals surface area contributed by atoms with Crippen LogP contribution in [0.1, 0.15) is 5.82 Å². The van der Waals surface area contributed by atoms with Crippen LogP contribution in [0, 0.1) is 0 Å². The summed E-state index contributed by atoms with van der Waals surface area (Å²) in [5.74, 6) is 1.68. The quantitative estimate of drug-likeness (QED) is 0.787. The van der Waals surface area contributed by atoms with Crippen molar-refractivity contribution in [3.05, 3.63) is 59.4 Å². The lowest BCUT2D eigenvalue weighted by molar-refractivity contribution is 0.298. The number of ether oxygens (including phenoxy) is 1. The first-order valence-corrected chi connectivity index (χ1v) is 7.18. The molecule has 4 nitrogen and oxygen atoms in total. The third-order valence-corrected chi connectivity index (χ3v) is 3.57. The van der Waals surface area contributed by atoms with Crippen LogP contribution in [0.4, 0.5) is 0 Å². The molecule has 21 heavy (non-hydrogen) atoms. The Balaban J connectivity index is 1.74. The van der Waals surface area contributed by atoms with Crippen LogP contribution in [0.3, 0.4) is 0 Å². The first-order chi connectivity index (χ1) is 10.3. The Morgan fingerprint density at radius 3 is 2.62 bits per heavy atom. The lowest BCUT2D eigenvalue weighted by atomic mass is 10.3. The third-order valence-electron chi connectivity index (χ3n) is 3.31. The molecular formula is C16H16ClN3O. The summed E-state index contributed by atoms with van der Waals surface area (Å²) in [5.41, 5.74) is 7.82. The highest BCUT2D eigenvalue weighted by molar-refractivity contribution is 6.30. The Labute approximate surface area is 128 Å². The van der Waals surface area contributed by atoms with Crippen LogP contribution in [0.15, 0.2) is 48.5 Å². The fourth-order valence-electron chi connectivity index (χ4n) is 2.32. The molecule has 3 rings (SSSR count). The van der Waals surface area contributed by atoms with E-state index in [9.17, 15) is 0 Å². The number of rotatable bonds is 5. The molecule has 0 radical (unpaired) electrons. The van der Waals surface area contributed by atoms with E-state index in [0.717, 1.165) is 22.6 Å². The van der Waals surface area contributed by atoms with Crippen LogP contribution in [-0.2, 0) is 13.1 Å². The Morgan fingerprint density at radius 2 is 1.86 bits per heavy atom. The van der Waals surface area contributed by atoms with Crippen LogP contribution in [0.25, 0.3) is 11.0 Å². The van der Waals surface area contributed by atoms with Gasteiger partial charge in [0.25, 0.3) is 0 Å². The second-order valence-corrected chi connectivity index (χ2v) is 5.11. The number of benzene rings is 2. The highest BCUT2D eigenvalue weighted by Crippen LogP contribution is 2.17. The summed E-state index contributed by atoms with van der Waals surface area (Å²) in [5, 5.41) is 0.702. The van der Waals surface area contributed by atoms with Gasteiger partial charge in [0.05, 0.1) is 24.1 Å². The molecule has 0 atom stereocenters. The largest absolute Gasteiger partial charge is 0.492 e. The number of halogens is 1. The zero-order valence-electron chi connectivity index (χ0n) is 11.5. The van der Waals surface area contributed by atoms with E-state index in [0.29, 0.717) is 24.7 Å². The van der Waals surface area contributed by atoms with Crippen molar-refractivity contribution in [2.24, 2.45) is 5.73 Å². The van der Waals surface area contributed by atoms with E-state index >= 15 is 0 Å². The van der Waals surface area contributed by atoms with Gasteiger partial charge in [0.15, 0.2) is 0 Å². The molecule has 0 saturated carbocycles. The van der Waals surface area contributed by atoms with Crippen LogP contribution in [0.5, 0.6) is 5.75 Å². The van der Waals surface area contributed by atoms with Crippen molar-refractivity contribution in [1.82, 2.24) is 9.55 Å². The SMILES string of the molecule is NCc1nc2ccccc2n1CCOc1ccc(Cl)cc1. The zero-order valence-corrected chi connectivity index (χ0v) is 12.3.